The monoisotopic (exact) mass is 221 g/mol. The molecule has 0 saturated carbocycles. The third kappa shape index (κ3) is 5.24. The van der Waals surface area contributed by atoms with Gasteiger partial charge < -0.3 is 5.32 Å². The van der Waals surface area contributed by atoms with Crippen LogP contribution in [0.25, 0.3) is 0 Å². The molecule has 0 aliphatic rings. The molecule has 0 radical (unpaired) electrons. The second-order valence-corrected chi connectivity index (χ2v) is 4.30. The Balaban J connectivity index is 2.07. The summed E-state index contributed by atoms with van der Waals surface area (Å²) in [5.74, 6) is 2.68. The van der Waals surface area contributed by atoms with E-state index < -0.39 is 0 Å². The Morgan fingerprint density at radius 1 is 1.53 bits per heavy atom. The van der Waals surface area contributed by atoms with E-state index in [1.165, 1.54) is 0 Å². The van der Waals surface area contributed by atoms with E-state index in [0.717, 1.165) is 30.7 Å². The molecule has 0 spiro atoms. The first-order chi connectivity index (χ1) is 7.33. The van der Waals surface area contributed by atoms with Gasteiger partial charge in [-0.25, -0.2) is 0 Å². The second-order valence-electron chi connectivity index (χ2n) is 3.27. The number of nitrogens with one attached hydrogen (secondary N) is 1. The zero-order valence-electron chi connectivity index (χ0n) is 8.66. The van der Waals surface area contributed by atoms with Crippen molar-refractivity contribution in [3.63, 3.8) is 0 Å². The zero-order valence-corrected chi connectivity index (χ0v) is 9.48. The number of hydrogen-bond donors (Lipinski definition) is 1. The standard InChI is InChI=1S/C12H15NOS/c1-2-3-4-5-8-13-12(14)10-11-7-6-9-15-11/h1,6-7,9H,3-5,8,10H2,(H,13,14). The minimum atomic E-state index is 0.0955. The lowest BCUT2D eigenvalue weighted by Crippen LogP contribution is -2.25. The molecular weight excluding hydrogens is 206 g/mol. The molecule has 0 fully saturated rings. The summed E-state index contributed by atoms with van der Waals surface area (Å²) in [6, 6.07) is 3.93. The molecule has 1 rings (SSSR count). The molecule has 3 heteroatoms. The second kappa shape index (κ2) is 7.08. The van der Waals surface area contributed by atoms with E-state index in [0.29, 0.717) is 6.42 Å². The third-order valence-electron chi connectivity index (χ3n) is 1.98. The van der Waals surface area contributed by atoms with E-state index in [-0.39, 0.29) is 5.91 Å². The quantitative estimate of drug-likeness (QED) is 0.579. The summed E-state index contributed by atoms with van der Waals surface area (Å²) in [5.41, 5.74) is 0. The molecule has 1 aromatic heterocycles. The van der Waals surface area contributed by atoms with Crippen molar-refractivity contribution in [2.24, 2.45) is 0 Å². The lowest BCUT2D eigenvalue weighted by Gasteiger charge is -2.02. The van der Waals surface area contributed by atoms with Gasteiger partial charge in [0.25, 0.3) is 0 Å². The average Bonchev–Trinajstić information content (AvgIpc) is 2.70. The number of amides is 1. The van der Waals surface area contributed by atoms with Gasteiger partial charge in [-0.1, -0.05) is 6.07 Å². The van der Waals surface area contributed by atoms with Gasteiger partial charge in [0.2, 0.25) is 5.91 Å². The summed E-state index contributed by atoms with van der Waals surface area (Å²) in [5, 5.41) is 4.86. The summed E-state index contributed by atoms with van der Waals surface area (Å²) in [6.45, 7) is 0.728. The SMILES string of the molecule is C#CCCCCNC(=O)Cc1cccs1. The van der Waals surface area contributed by atoms with Crippen LogP contribution in [-0.2, 0) is 11.2 Å². The van der Waals surface area contributed by atoms with Gasteiger partial charge in [0.15, 0.2) is 0 Å². The van der Waals surface area contributed by atoms with E-state index in [4.69, 9.17) is 6.42 Å². The maximum absolute atomic E-state index is 11.4. The summed E-state index contributed by atoms with van der Waals surface area (Å²) in [7, 11) is 0. The van der Waals surface area contributed by atoms with E-state index in [9.17, 15) is 4.79 Å². The van der Waals surface area contributed by atoms with E-state index in [1.807, 2.05) is 17.5 Å². The van der Waals surface area contributed by atoms with Gasteiger partial charge in [-0.15, -0.1) is 23.7 Å². The number of thiophene rings is 1. The lowest BCUT2D eigenvalue weighted by atomic mass is 10.2. The van der Waals surface area contributed by atoms with Crippen molar-refractivity contribution in [3.8, 4) is 12.3 Å². The number of carbonyl (C=O) groups is 1. The van der Waals surface area contributed by atoms with Crippen LogP contribution in [0.5, 0.6) is 0 Å². The fourth-order valence-corrected chi connectivity index (χ4v) is 1.92. The largest absolute Gasteiger partial charge is 0.356 e. The highest BCUT2D eigenvalue weighted by molar-refractivity contribution is 7.10. The van der Waals surface area contributed by atoms with Crippen LogP contribution in [0, 0.1) is 12.3 Å². The van der Waals surface area contributed by atoms with Crippen molar-refractivity contribution in [3.05, 3.63) is 22.4 Å². The Hall–Kier alpha value is -1.27. The first kappa shape index (κ1) is 11.8. The summed E-state index contributed by atoms with van der Waals surface area (Å²) >= 11 is 1.61. The molecule has 80 valence electrons. The smallest absolute Gasteiger partial charge is 0.225 e. The predicted molar refractivity (Wildman–Crippen MR) is 63.7 cm³/mol. The molecule has 0 atom stereocenters. The van der Waals surface area contributed by atoms with Crippen LogP contribution < -0.4 is 5.32 Å². The lowest BCUT2D eigenvalue weighted by molar-refractivity contribution is -0.120. The van der Waals surface area contributed by atoms with Gasteiger partial charge in [0.1, 0.15) is 0 Å². The molecular formula is C12H15NOS. The molecule has 1 amide bonds. The van der Waals surface area contributed by atoms with Crippen LogP contribution in [0.4, 0.5) is 0 Å². The molecule has 0 aliphatic heterocycles. The Kier molecular flexibility index (Phi) is 5.57. The Bertz CT molecular complexity index is 324. The van der Waals surface area contributed by atoms with Crippen molar-refractivity contribution < 1.29 is 4.79 Å². The Morgan fingerprint density at radius 2 is 2.40 bits per heavy atom. The van der Waals surface area contributed by atoms with Gasteiger partial charge in [-0.05, 0) is 24.3 Å². The highest BCUT2D eigenvalue weighted by Crippen LogP contribution is 2.08. The van der Waals surface area contributed by atoms with Crippen molar-refractivity contribution in [2.45, 2.75) is 25.7 Å². The third-order valence-corrected chi connectivity index (χ3v) is 2.86. The van der Waals surface area contributed by atoms with Crippen LogP contribution in [-0.4, -0.2) is 12.5 Å². The van der Waals surface area contributed by atoms with Crippen LogP contribution in [0.1, 0.15) is 24.1 Å². The highest BCUT2D eigenvalue weighted by Gasteiger charge is 2.02. The average molecular weight is 221 g/mol. The van der Waals surface area contributed by atoms with Crippen LogP contribution in [0.2, 0.25) is 0 Å². The topological polar surface area (TPSA) is 29.1 Å². The highest BCUT2D eigenvalue weighted by atomic mass is 32.1. The molecule has 15 heavy (non-hydrogen) atoms. The van der Waals surface area contributed by atoms with Crippen molar-refractivity contribution in [1.82, 2.24) is 5.32 Å². The molecule has 2 nitrogen and oxygen atoms in total. The van der Waals surface area contributed by atoms with Gasteiger partial charge >= 0.3 is 0 Å². The molecule has 0 saturated heterocycles. The first-order valence-corrected chi connectivity index (χ1v) is 5.93. The normalized spacial score (nSPS) is 9.53. The molecule has 1 aromatic rings. The molecule has 0 aromatic carbocycles. The number of rotatable bonds is 6. The zero-order chi connectivity index (χ0) is 10.9. The Morgan fingerprint density at radius 3 is 3.07 bits per heavy atom. The van der Waals surface area contributed by atoms with Gasteiger partial charge in [0, 0.05) is 17.8 Å². The van der Waals surface area contributed by atoms with E-state index >= 15 is 0 Å². The molecule has 1 N–H and O–H groups in total. The van der Waals surface area contributed by atoms with Crippen LogP contribution >= 0.6 is 11.3 Å². The first-order valence-electron chi connectivity index (χ1n) is 5.05. The number of carbonyl (C=O) groups excluding carboxylic acids is 1. The van der Waals surface area contributed by atoms with Crippen molar-refractivity contribution in [2.75, 3.05) is 6.54 Å². The Labute approximate surface area is 94.7 Å². The van der Waals surface area contributed by atoms with Gasteiger partial charge in [0.05, 0.1) is 6.42 Å². The van der Waals surface area contributed by atoms with Crippen LogP contribution in [0.3, 0.4) is 0 Å². The van der Waals surface area contributed by atoms with Crippen LogP contribution in [0.15, 0.2) is 17.5 Å². The summed E-state index contributed by atoms with van der Waals surface area (Å²) in [6.07, 6.45) is 8.35. The summed E-state index contributed by atoms with van der Waals surface area (Å²) < 4.78 is 0. The van der Waals surface area contributed by atoms with Crippen molar-refractivity contribution >= 4 is 17.2 Å². The molecule has 1 heterocycles. The number of terminal acetylenes is 1. The number of hydrogen-bond acceptors (Lipinski definition) is 2. The van der Waals surface area contributed by atoms with Gasteiger partial charge in [-0.2, -0.15) is 0 Å². The predicted octanol–water partition coefficient (Wildman–Crippen LogP) is 2.21. The minimum absolute atomic E-state index is 0.0955. The maximum Gasteiger partial charge on any atom is 0.225 e. The fraction of sp³-hybridized carbons (Fsp3) is 0.417. The molecule has 0 bridgehead atoms. The van der Waals surface area contributed by atoms with Crippen molar-refractivity contribution in [1.29, 1.82) is 0 Å². The maximum atomic E-state index is 11.4. The van der Waals surface area contributed by atoms with E-state index in [2.05, 4.69) is 11.2 Å². The fourth-order valence-electron chi connectivity index (χ4n) is 1.21. The van der Waals surface area contributed by atoms with E-state index in [1.54, 1.807) is 11.3 Å². The summed E-state index contributed by atoms with van der Waals surface area (Å²) in [4.78, 5) is 12.5. The van der Waals surface area contributed by atoms with Gasteiger partial charge in [-0.3, -0.25) is 4.79 Å². The molecule has 0 aliphatic carbocycles. The minimum Gasteiger partial charge on any atom is -0.356 e. The molecule has 0 unspecified atom stereocenters. The number of unbranched alkanes of at least 4 members (excludes halogenated alkanes) is 2.